The number of rotatable bonds is 5. The first-order valence-corrected chi connectivity index (χ1v) is 12.1. The zero-order valence-electron chi connectivity index (χ0n) is 19.0. The van der Waals surface area contributed by atoms with Crippen LogP contribution >= 0.6 is 11.3 Å². The van der Waals surface area contributed by atoms with Crippen LogP contribution < -0.4 is 5.32 Å². The number of para-hydroxylation sites is 1. The number of fused-ring (bicyclic) bond motifs is 2. The van der Waals surface area contributed by atoms with Crippen molar-refractivity contribution >= 4 is 45.0 Å². The highest BCUT2D eigenvalue weighted by atomic mass is 32.1. The molecule has 1 aromatic carbocycles. The molecular formula is C26H21N7OS. The molecule has 0 spiro atoms. The van der Waals surface area contributed by atoms with Crippen molar-refractivity contribution in [3.8, 4) is 33.2 Å². The lowest BCUT2D eigenvalue weighted by molar-refractivity contribution is -0.118. The van der Waals surface area contributed by atoms with Gasteiger partial charge in [-0.15, -0.1) is 11.3 Å². The number of amides is 1. The summed E-state index contributed by atoms with van der Waals surface area (Å²) in [6.07, 6.45) is 3.36. The molecule has 0 fully saturated rings. The summed E-state index contributed by atoms with van der Waals surface area (Å²) < 4.78 is 0. The van der Waals surface area contributed by atoms with Gasteiger partial charge in [0.25, 0.3) is 0 Å². The molecule has 0 aliphatic rings. The zero-order valence-corrected chi connectivity index (χ0v) is 19.9. The molecule has 0 saturated heterocycles. The van der Waals surface area contributed by atoms with Gasteiger partial charge >= 0.3 is 0 Å². The molecule has 0 aliphatic heterocycles. The Bertz CT molecular complexity index is 1680. The summed E-state index contributed by atoms with van der Waals surface area (Å²) in [6, 6.07) is 16.0. The van der Waals surface area contributed by atoms with E-state index >= 15 is 0 Å². The van der Waals surface area contributed by atoms with Crippen LogP contribution in [-0.2, 0) is 4.79 Å². The van der Waals surface area contributed by atoms with E-state index in [2.05, 4.69) is 43.0 Å². The molecule has 35 heavy (non-hydrogen) atoms. The van der Waals surface area contributed by atoms with E-state index in [0.717, 1.165) is 38.2 Å². The van der Waals surface area contributed by atoms with Crippen molar-refractivity contribution in [2.24, 2.45) is 5.92 Å². The Morgan fingerprint density at radius 3 is 2.74 bits per heavy atom. The number of imidazole rings is 1. The van der Waals surface area contributed by atoms with E-state index < -0.39 is 0 Å². The summed E-state index contributed by atoms with van der Waals surface area (Å²) in [5.41, 5.74) is 7.23. The van der Waals surface area contributed by atoms with Gasteiger partial charge in [-0.3, -0.25) is 14.9 Å². The third-order valence-electron chi connectivity index (χ3n) is 5.76. The van der Waals surface area contributed by atoms with Gasteiger partial charge in [0, 0.05) is 28.1 Å². The fourth-order valence-corrected chi connectivity index (χ4v) is 4.69. The minimum atomic E-state index is -0.120. The number of nitrogens with one attached hydrogen (secondary N) is 3. The van der Waals surface area contributed by atoms with E-state index in [-0.39, 0.29) is 11.8 Å². The average Bonchev–Trinajstić information content (AvgIpc) is 3.62. The molecule has 6 rings (SSSR count). The van der Waals surface area contributed by atoms with Crippen LogP contribution in [0.5, 0.6) is 0 Å². The highest BCUT2D eigenvalue weighted by molar-refractivity contribution is 7.13. The SMILES string of the molecule is CC(C)C(=O)Nc1cncc(-c2ccc3[nH]nc(-c4nc5c(-c6cccs6)cccc5[nH]4)c3n2)c1. The van der Waals surface area contributed by atoms with Crippen LogP contribution in [-0.4, -0.2) is 36.0 Å². The predicted molar refractivity (Wildman–Crippen MR) is 139 cm³/mol. The first-order chi connectivity index (χ1) is 17.1. The standard InChI is InChI=1S/C26H21N7OS/c1-14(2)26(34)28-16-11-15(12-27-13-16)18-8-9-20-23(29-18)24(33-32-20)25-30-19-6-3-5-17(22(19)31-25)21-7-4-10-35-21/h3-14H,1-2H3,(H,28,34)(H,30,31)(H,32,33). The molecule has 0 bridgehead atoms. The molecule has 3 N–H and O–H groups in total. The van der Waals surface area contributed by atoms with Crippen LogP contribution in [0.15, 0.2) is 66.3 Å². The van der Waals surface area contributed by atoms with Crippen molar-refractivity contribution in [3.63, 3.8) is 0 Å². The maximum Gasteiger partial charge on any atom is 0.226 e. The van der Waals surface area contributed by atoms with Crippen molar-refractivity contribution in [1.29, 1.82) is 0 Å². The lowest BCUT2D eigenvalue weighted by atomic mass is 10.1. The number of thiophene rings is 1. The fraction of sp³-hybridized carbons (Fsp3) is 0.115. The summed E-state index contributed by atoms with van der Waals surface area (Å²) in [5, 5.41) is 12.5. The molecule has 9 heteroatoms. The summed E-state index contributed by atoms with van der Waals surface area (Å²) in [6.45, 7) is 3.70. The molecule has 5 aromatic heterocycles. The van der Waals surface area contributed by atoms with Crippen LogP contribution in [0.1, 0.15) is 13.8 Å². The van der Waals surface area contributed by atoms with Gasteiger partial charge in [-0.05, 0) is 35.7 Å². The Balaban J connectivity index is 1.41. The van der Waals surface area contributed by atoms with Crippen molar-refractivity contribution in [2.45, 2.75) is 13.8 Å². The second-order valence-corrected chi connectivity index (χ2v) is 9.48. The van der Waals surface area contributed by atoms with Gasteiger partial charge in [0.05, 0.1) is 34.1 Å². The van der Waals surface area contributed by atoms with Gasteiger partial charge in [0.15, 0.2) is 11.5 Å². The smallest absolute Gasteiger partial charge is 0.226 e. The molecule has 0 aliphatic carbocycles. The van der Waals surface area contributed by atoms with E-state index in [1.54, 1.807) is 23.7 Å². The Kier molecular flexibility index (Phi) is 5.11. The van der Waals surface area contributed by atoms with Crippen LogP contribution in [0.2, 0.25) is 0 Å². The topological polar surface area (TPSA) is 112 Å². The first kappa shape index (κ1) is 21.2. The molecule has 8 nitrogen and oxygen atoms in total. The van der Waals surface area contributed by atoms with Crippen molar-refractivity contribution < 1.29 is 4.79 Å². The zero-order chi connectivity index (χ0) is 23.9. The number of nitrogens with zero attached hydrogens (tertiary/aromatic N) is 4. The molecule has 0 radical (unpaired) electrons. The quantitative estimate of drug-likeness (QED) is 0.286. The molecule has 0 unspecified atom stereocenters. The summed E-state index contributed by atoms with van der Waals surface area (Å²) in [4.78, 5) is 30.7. The van der Waals surface area contributed by atoms with Crippen molar-refractivity contribution in [3.05, 3.63) is 66.3 Å². The minimum absolute atomic E-state index is 0.0590. The van der Waals surface area contributed by atoms with E-state index in [1.807, 2.05) is 50.2 Å². The number of aromatic amines is 2. The van der Waals surface area contributed by atoms with Crippen molar-refractivity contribution in [2.75, 3.05) is 5.32 Å². The maximum atomic E-state index is 12.1. The summed E-state index contributed by atoms with van der Waals surface area (Å²) in [5.74, 6) is 0.470. The van der Waals surface area contributed by atoms with Crippen LogP contribution in [0, 0.1) is 5.92 Å². The Hall–Kier alpha value is -4.37. The minimum Gasteiger partial charge on any atom is -0.336 e. The first-order valence-electron chi connectivity index (χ1n) is 11.2. The number of hydrogen-bond acceptors (Lipinski definition) is 6. The van der Waals surface area contributed by atoms with Crippen molar-refractivity contribution in [1.82, 2.24) is 30.1 Å². The fourth-order valence-electron chi connectivity index (χ4n) is 3.93. The Morgan fingerprint density at radius 2 is 1.91 bits per heavy atom. The van der Waals surface area contributed by atoms with Gasteiger partial charge in [-0.25, -0.2) is 9.97 Å². The molecular weight excluding hydrogens is 458 g/mol. The van der Waals surface area contributed by atoms with Crippen LogP contribution in [0.25, 0.3) is 55.3 Å². The van der Waals surface area contributed by atoms with Gasteiger partial charge in [-0.2, -0.15) is 5.10 Å². The number of carbonyl (C=O) groups is 1. The lowest BCUT2D eigenvalue weighted by Crippen LogP contribution is -2.17. The predicted octanol–water partition coefficient (Wildman–Crippen LogP) is 5.89. The van der Waals surface area contributed by atoms with Crippen LogP contribution in [0.4, 0.5) is 5.69 Å². The molecule has 5 heterocycles. The molecule has 0 saturated carbocycles. The third kappa shape index (κ3) is 3.85. The van der Waals surface area contributed by atoms with Crippen LogP contribution in [0.3, 0.4) is 0 Å². The number of H-pyrrole nitrogens is 2. The average molecular weight is 480 g/mol. The lowest BCUT2D eigenvalue weighted by Gasteiger charge is -2.08. The second-order valence-electron chi connectivity index (χ2n) is 8.54. The van der Waals surface area contributed by atoms with Gasteiger partial charge in [0.1, 0.15) is 5.52 Å². The highest BCUT2D eigenvalue weighted by Gasteiger charge is 2.17. The molecule has 1 amide bonds. The van der Waals surface area contributed by atoms with E-state index in [0.29, 0.717) is 22.7 Å². The number of aromatic nitrogens is 6. The second kappa shape index (κ2) is 8.44. The van der Waals surface area contributed by atoms with Gasteiger partial charge in [0.2, 0.25) is 5.91 Å². The summed E-state index contributed by atoms with van der Waals surface area (Å²) in [7, 11) is 0. The molecule has 6 aromatic rings. The third-order valence-corrected chi connectivity index (χ3v) is 6.66. The number of benzene rings is 1. The van der Waals surface area contributed by atoms with E-state index in [1.165, 1.54) is 0 Å². The molecule has 172 valence electrons. The molecule has 0 atom stereocenters. The monoisotopic (exact) mass is 479 g/mol. The Morgan fingerprint density at radius 1 is 1.00 bits per heavy atom. The van der Waals surface area contributed by atoms with Gasteiger partial charge in [-0.1, -0.05) is 32.0 Å². The normalized spacial score (nSPS) is 11.5. The number of anilines is 1. The maximum absolute atomic E-state index is 12.1. The Labute approximate surface area is 204 Å². The number of carbonyl (C=O) groups excluding carboxylic acids is 1. The van der Waals surface area contributed by atoms with Gasteiger partial charge < -0.3 is 10.3 Å². The van der Waals surface area contributed by atoms with E-state index in [4.69, 9.17) is 9.97 Å². The number of pyridine rings is 2. The number of hydrogen-bond donors (Lipinski definition) is 3. The largest absolute Gasteiger partial charge is 0.336 e. The summed E-state index contributed by atoms with van der Waals surface area (Å²) >= 11 is 1.69. The van der Waals surface area contributed by atoms with E-state index in [9.17, 15) is 4.79 Å². The highest BCUT2D eigenvalue weighted by Crippen LogP contribution is 2.33.